The molecule has 1 aromatic carbocycles. The van der Waals surface area contributed by atoms with E-state index in [0.29, 0.717) is 4.90 Å². The van der Waals surface area contributed by atoms with E-state index in [4.69, 9.17) is 0 Å². The fraction of sp³-hybridized carbons (Fsp3) is 0.375. The molecule has 1 aromatic heterocycles. The van der Waals surface area contributed by atoms with Crippen LogP contribution in [0.15, 0.2) is 41.4 Å². The second-order valence-corrected chi connectivity index (χ2v) is 7.60. The normalized spacial score (nSPS) is 15.6. The summed E-state index contributed by atoms with van der Waals surface area (Å²) in [7, 11) is -2.05. The van der Waals surface area contributed by atoms with Crippen LogP contribution in [0.25, 0.3) is 0 Å². The number of sulfonamides is 1. The first-order valence-electron chi connectivity index (χ1n) is 7.83. The van der Waals surface area contributed by atoms with Crippen molar-refractivity contribution < 1.29 is 8.42 Å². The van der Waals surface area contributed by atoms with E-state index < -0.39 is 10.0 Å². The molecule has 3 rings (SSSR count). The van der Waals surface area contributed by atoms with Gasteiger partial charge in [-0.25, -0.2) is 13.1 Å². The molecule has 0 spiro atoms. The standard InChI is InChI=1S/C16H21N5O2S/c1-13-11-16(19-18-12-13)21-9-7-20(8-10-21)14-5-3-4-6-15(14)24(22,23)17-2/h3-6,11-12,17H,7-10H2,1-2H3. The molecule has 0 saturated carbocycles. The number of hydrogen-bond donors (Lipinski definition) is 1. The third kappa shape index (κ3) is 3.34. The van der Waals surface area contributed by atoms with Crippen LogP contribution in [0.3, 0.4) is 0 Å². The summed E-state index contributed by atoms with van der Waals surface area (Å²) in [6, 6.07) is 9.11. The molecule has 0 unspecified atom stereocenters. The van der Waals surface area contributed by atoms with Crippen molar-refractivity contribution in [2.45, 2.75) is 11.8 Å². The fourth-order valence-corrected chi connectivity index (χ4v) is 3.79. The molecule has 24 heavy (non-hydrogen) atoms. The van der Waals surface area contributed by atoms with Crippen LogP contribution in [0.2, 0.25) is 0 Å². The Morgan fingerprint density at radius 1 is 1.08 bits per heavy atom. The van der Waals surface area contributed by atoms with Crippen molar-refractivity contribution in [1.82, 2.24) is 14.9 Å². The maximum absolute atomic E-state index is 12.2. The van der Waals surface area contributed by atoms with Crippen molar-refractivity contribution in [3.05, 3.63) is 42.1 Å². The highest BCUT2D eigenvalue weighted by atomic mass is 32.2. The summed E-state index contributed by atoms with van der Waals surface area (Å²) in [6.45, 7) is 4.99. The van der Waals surface area contributed by atoms with E-state index in [1.807, 2.05) is 25.1 Å². The first-order chi connectivity index (χ1) is 11.5. The SMILES string of the molecule is CNS(=O)(=O)c1ccccc1N1CCN(c2cc(C)cnn2)CC1. The molecule has 1 aliphatic rings. The lowest BCUT2D eigenvalue weighted by molar-refractivity contribution is 0.586. The predicted molar refractivity (Wildman–Crippen MR) is 93.9 cm³/mol. The lowest BCUT2D eigenvalue weighted by atomic mass is 10.2. The van der Waals surface area contributed by atoms with Crippen molar-refractivity contribution in [2.24, 2.45) is 0 Å². The lowest BCUT2D eigenvalue weighted by Gasteiger charge is -2.37. The Hall–Kier alpha value is -2.19. The van der Waals surface area contributed by atoms with Gasteiger partial charge in [-0.2, -0.15) is 5.10 Å². The number of benzene rings is 1. The number of nitrogens with zero attached hydrogens (tertiary/aromatic N) is 4. The number of aryl methyl sites for hydroxylation is 1. The Morgan fingerprint density at radius 2 is 1.75 bits per heavy atom. The molecule has 0 bridgehead atoms. The zero-order valence-electron chi connectivity index (χ0n) is 13.8. The largest absolute Gasteiger partial charge is 0.367 e. The van der Waals surface area contributed by atoms with Gasteiger partial charge in [-0.05, 0) is 37.7 Å². The Bertz CT molecular complexity index is 817. The number of nitrogens with one attached hydrogen (secondary N) is 1. The molecule has 0 amide bonds. The first-order valence-corrected chi connectivity index (χ1v) is 9.31. The molecule has 7 nitrogen and oxygen atoms in total. The maximum Gasteiger partial charge on any atom is 0.242 e. The van der Waals surface area contributed by atoms with E-state index in [0.717, 1.165) is 43.2 Å². The highest BCUT2D eigenvalue weighted by Crippen LogP contribution is 2.26. The minimum Gasteiger partial charge on any atom is -0.367 e. The molecular weight excluding hydrogens is 326 g/mol. The molecule has 1 fully saturated rings. The monoisotopic (exact) mass is 347 g/mol. The van der Waals surface area contributed by atoms with Gasteiger partial charge in [0.25, 0.3) is 0 Å². The Labute approximate surface area is 142 Å². The van der Waals surface area contributed by atoms with Crippen LogP contribution in [0.4, 0.5) is 11.5 Å². The highest BCUT2D eigenvalue weighted by Gasteiger charge is 2.24. The zero-order chi connectivity index (χ0) is 17.2. The van der Waals surface area contributed by atoms with Crippen molar-refractivity contribution in [1.29, 1.82) is 0 Å². The number of hydrogen-bond acceptors (Lipinski definition) is 6. The minimum atomic E-state index is -3.48. The summed E-state index contributed by atoms with van der Waals surface area (Å²) in [4.78, 5) is 4.59. The smallest absolute Gasteiger partial charge is 0.242 e. The van der Waals surface area contributed by atoms with E-state index >= 15 is 0 Å². The average molecular weight is 347 g/mol. The Balaban J connectivity index is 1.78. The second kappa shape index (κ2) is 6.74. The van der Waals surface area contributed by atoms with Crippen LogP contribution < -0.4 is 14.5 Å². The Morgan fingerprint density at radius 3 is 2.42 bits per heavy atom. The zero-order valence-corrected chi connectivity index (χ0v) is 14.6. The quantitative estimate of drug-likeness (QED) is 0.890. The molecular formula is C16H21N5O2S. The third-order valence-electron chi connectivity index (χ3n) is 4.15. The van der Waals surface area contributed by atoms with Crippen molar-refractivity contribution in [3.63, 3.8) is 0 Å². The molecule has 128 valence electrons. The van der Waals surface area contributed by atoms with Crippen molar-refractivity contribution >= 4 is 21.5 Å². The molecule has 2 heterocycles. The topological polar surface area (TPSA) is 78.4 Å². The van der Waals surface area contributed by atoms with Crippen LogP contribution in [0.5, 0.6) is 0 Å². The molecule has 0 atom stereocenters. The maximum atomic E-state index is 12.2. The molecule has 1 saturated heterocycles. The van der Waals surface area contributed by atoms with E-state index in [9.17, 15) is 8.42 Å². The summed E-state index contributed by atoms with van der Waals surface area (Å²) in [6.07, 6.45) is 1.73. The van der Waals surface area contributed by atoms with Crippen LogP contribution in [0, 0.1) is 6.92 Å². The van der Waals surface area contributed by atoms with Crippen LogP contribution in [0.1, 0.15) is 5.56 Å². The Kier molecular flexibility index (Phi) is 4.68. The summed E-state index contributed by atoms with van der Waals surface area (Å²) < 4.78 is 26.8. The molecule has 2 aromatic rings. The van der Waals surface area contributed by atoms with E-state index in [-0.39, 0.29) is 0 Å². The molecule has 0 aliphatic carbocycles. The first kappa shape index (κ1) is 16.7. The molecule has 8 heteroatoms. The summed E-state index contributed by atoms with van der Waals surface area (Å²) in [5, 5.41) is 8.18. The summed E-state index contributed by atoms with van der Waals surface area (Å²) in [5.74, 6) is 0.866. The third-order valence-corrected chi connectivity index (χ3v) is 5.61. The van der Waals surface area contributed by atoms with Gasteiger partial charge in [-0.15, -0.1) is 5.10 Å². The van der Waals surface area contributed by atoms with Gasteiger partial charge >= 0.3 is 0 Å². The fourth-order valence-electron chi connectivity index (χ4n) is 2.84. The molecule has 1 N–H and O–H groups in total. The summed E-state index contributed by atoms with van der Waals surface area (Å²) in [5.41, 5.74) is 1.81. The van der Waals surface area contributed by atoms with Gasteiger partial charge in [0.1, 0.15) is 4.90 Å². The van der Waals surface area contributed by atoms with Crippen LogP contribution >= 0.6 is 0 Å². The van der Waals surface area contributed by atoms with Gasteiger partial charge in [0.2, 0.25) is 10.0 Å². The van der Waals surface area contributed by atoms with Gasteiger partial charge in [0.15, 0.2) is 5.82 Å². The average Bonchev–Trinajstić information content (AvgIpc) is 2.62. The lowest BCUT2D eigenvalue weighted by Crippen LogP contribution is -2.47. The van der Waals surface area contributed by atoms with E-state index in [1.165, 1.54) is 7.05 Å². The van der Waals surface area contributed by atoms with Gasteiger partial charge in [0.05, 0.1) is 11.9 Å². The number of aromatic nitrogens is 2. The number of para-hydroxylation sites is 1. The number of anilines is 2. The van der Waals surface area contributed by atoms with Gasteiger partial charge in [0, 0.05) is 26.2 Å². The van der Waals surface area contributed by atoms with E-state index in [1.54, 1.807) is 18.3 Å². The van der Waals surface area contributed by atoms with E-state index in [2.05, 4.69) is 24.7 Å². The number of rotatable bonds is 4. The highest BCUT2D eigenvalue weighted by molar-refractivity contribution is 7.89. The van der Waals surface area contributed by atoms with Crippen LogP contribution in [-0.2, 0) is 10.0 Å². The predicted octanol–water partition coefficient (Wildman–Crippen LogP) is 1.02. The van der Waals surface area contributed by atoms with Gasteiger partial charge in [-0.1, -0.05) is 12.1 Å². The van der Waals surface area contributed by atoms with Gasteiger partial charge in [-0.3, -0.25) is 0 Å². The second-order valence-electron chi connectivity index (χ2n) is 5.74. The van der Waals surface area contributed by atoms with Crippen LogP contribution in [-0.4, -0.2) is 51.8 Å². The summed E-state index contributed by atoms with van der Waals surface area (Å²) >= 11 is 0. The van der Waals surface area contributed by atoms with Crippen molar-refractivity contribution in [3.8, 4) is 0 Å². The van der Waals surface area contributed by atoms with Crippen molar-refractivity contribution in [2.75, 3.05) is 43.0 Å². The minimum absolute atomic E-state index is 0.316. The van der Waals surface area contributed by atoms with Gasteiger partial charge < -0.3 is 9.80 Å². The molecule has 1 aliphatic heterocycles. The number of piperazine rings is 1. The molecule has 0 radical (unpaired) electrons.